The van der Waals surface area contributed by atoms with E-state index >= 15 is 0 Å². The van der Waals surface area contributed by atoms with Gasteiger partial charge in [-0.3, -0.25) is 0 Å². The van der Waals surface area contributed by atoms with Gasteiger partial charge in [0.15, 0.2) is 0 Å². The third-order valence-corrected chi connectivity index (χ3v) is 2.99. The van der Waals surface area contributed by atoms with Gasteiger partial charge in [0.2, 0.25) is 0 Å². The molecule has 0 aliphatic carbocycles. The summed E-state index contributed by atoms with van der Waals surface area (Å²) in [5.74, 6) is -2.68. The molecule has 0 bridgehead atoms. The Labute approximate surface area is 86.2 Å². The average molecular weight is 220 g/mol. The fraction of sp³-hybridized carbons (Fsp3) is 0.667. The van der Waals surface area contributed by atoms with E-state index in [1.54, 1.807) is 0 Å². The van der Waals surface area contributed by atoms with Crippen molar-refractivity contribution in [2.45, 2.75) is 32.1 Å². The minimum absolute atomic E-state index is 0.0263. The second-order valence-electron chi connectivity index (χ2n) is 3.47. The summed E-state index contributed by atoms with van der Waals surface area (Å²) < 4.78 is 26.6. The lowest BCUT2D eigenvalue weighted by Gasteiger charge is -2.11. The van der Waals surface area contributed by atoms with Gasteiger partial charge in [-0.25, -0.2) is 4.98 Å². The van der Waals surface area contributed by atoms with Crippen LogP contribution in [0.2, 0.25) is 0 Å². The molecule has 0 aliphatic heterocycles. The smallest absolute Gasteiger partial charge is 0.291 e. The summed E-state index contributed by atoms with van der Waals surface area (Å²) in [5, 5.41) is 2.17. The molecule has 0 aromatic carbocycles. The molecule has 0 fully saturated rings. The van der Waals surface area contributed by atoms with Gasteiger partial charge in [0.25, 0.3) is 5.92 Å². The lowest BCUT2D eigenvalue weighted by molar-refractivity contribution is -0.0147. The van der Waals surface area contributed by atoms with Gasteiger partial charge >= 0.3 is 0 Å². The van der Waals surface area contributed by atoms with Gasteiger partial charge in [-0.1, -0.05) is 13.8 Å². The predicted octanol–water partition coefficient (Wildman–Crippen LogP) is 2.71. The monoisotopic (exact) mass is 220 g/mol. The van der Waals surface area contributed by atoms with Crippen LogP contribution in [0.1, 0.15) is 36.9 Å². The lowest BCUT2D eigenvalue weighted by Crippen LogP contribution is -2.19. The van der Waals surface area contributed by atoms with Crippen LogP contribution in [0.3, 0.4) is 0 Å². The molecule has 1 aromatic rings. The molecule has 0 radical (unpaired) electrons. The number of nitrogens with zero attached hydrogens (tertiary/aromatic N) is 1. The van der Waals surface area contributed by atoms with E-state index in [2.05, 4.69) is 4.98 Å². The van der Waals surface area contributed by atoms with Gasteiger partial charge < -0.3 is 5.73 Å². The summed E-state index contributed by atoms with van der Waals surface area (Å²) in [5.41, 5.74) is 4.97. The normalized spacial score (nSPS) is 12.4. The van der Waals surface area contributed by atoms with Crippen LogP contribution in [0.25, 0.3) is 0 Å². The Morgan fingerprint density at radius 2 is 2.21 bits per heavy atom. The second kappa shape index (κ2) is 4.31. The Bertz CT molecular complexity index is 297. The van der Waals surface area contributed by atoms with Crippen molar-refractivity contribution in [3.05, 3.63) is 16.1 Å². The maximum absolute atomic E-state index is 13.3. The minimum atomic E-state index is -2.88. The summed E-state index contributed by atoms with van der Waals surface area (Å²) >= 11 is 1.28. The van der Waals surface area contributed by atoms with Crippen molar-refractivity contribution in [1.82, 2.24) is 4.98 Å². The molecule has 2 nitrogen and oxygen atoms in total. The Kier molecular flexibility index (Phi) is 3.55. The lowest BCUT2D eigenvalue weighted by atomic mass is 10.2. The Balaban J connectivity index is 2.85. The zero-order chi connectivity index (χ0) is 10.8. The van der Waals surface area contributed by atoms with Gasteiger partial charge in [0.05, 0.1) is 5.01 Å². The average Bonchev–Trinajstić information content (AvgIpc) is 2.51. The van der Waals surface area contributed by atoms with Crippen molar-refractivity contribution in [2.75, 3.05) is 6.54 Å². The molecule has 0 atom stereocenters. The molecule has 0 unspecified atom stereocenters. The SMILES string of the molecule is CC(C)c1nc(C(F)(F)CCN)cs1. The van der Waals surface area contributed by atoms with Crippen molar-refractivity contribution in [2.24, 2.45) is 5.73 Å². The number of nitrogens with two attached hydrogens (primary N) is 1. The Morgan fingerprint density at radius 3 is 2.64 bits per heavy atom. The molecule has 0 spiro atoms. The van der Waals surface area contributed by atoms with Gasteiger partial charge in [-0.15, -0.1) is 11.3 Å². The summed E-state index contributed by atoms with van der Waals surface area (Å²) in [6.07, 6.45) is -0.339. The zero-order valence-corrected chi connectivity index (χ0v) is 9.07. The van der Waals surface area contributed by atoms with E-state index in [4.69, 9.17) is 5.73 Å². The van der Waals surface area contributed by atoms with E-state index in [9.17, 15) is 8.78 Å². The number of alkyl halides is 2. The molecule has 2 N–H and O–H groups in total. The van der Waals surface area contributed by atoms with Crippen LogP contribution in [-0.2, 0) is 5.92 Å². The van der Waals surface area contributed by atoms with Crippen LogP contribution < -0.4 is 5.73 Å². The number of rotatable bonds is 4. The fourth-order valence-electron chi connectivity index (χ4n) is 1.03. The highest BCUT2D eigenvalue weighted by atomic mass is 32.1. The number of thiazole rings is 1. The maximum atomic E-state index is 13.3. The molecule has 0 aliphatic rings. The molecule has 14 heavy (non-hydrogen) atoms. The number of hydrogen-bond donors (Lipinski definition) is 1. The second-order valence-corrected chi connectivity index (χ2v) is 4.36. The van der Waals surface area contributed by atoms with Gasteiger partial charge in [0.1, 0.15) is 5.69 Å². The summed E-state index contributed by atoms with van der Waals surface area (Å²) in [7, 11) is 0. The number of halogens is 2. The molecule has 0 saturated heterocycles. The quantitative estimate of drug-likeness (QED) is 0.847. The highest BCUT2D eigenvalue weighted by molar-refractivity contribution is 7.09. The topological polar surface area (TPSA) is 38.9 Å². The molecule has 5 heteroatoms. The molecule has 1 heterocycles. The van der Waals surface area contributed by atoms with Gasteiger partial charge in [-0.2, -0.15) is 8.78 Å². The van der Waals surface area contributed by atoms with Crippen molar-refractivity contribution in [1.29, 1.82) is 0 Å². The van der Waals surface area contributed by atoms with Crippen molar-refractivity contribution < 1.29 is 8.78 Å². The first-order chi connectivity index (χ1) is 6.47. The van der Waals surface area contributed by atoms with E-state index in [1.807, 2.05) is 13.8 Å². The maximum Gasteiger partial charge on any atom is 0.291 e. The van der Waals surface area contributed by atoms with Crippen molar-refractivity contribution >= 4 is 11.3 Å². The summed E-state index contributed by atoms with van der Waals surface area (Å²) in [6.45, 7) is 3.84. The van der Waals surface area contributed by atoms with Gasteiger partial charge in [-0.05, 0) is 6.54 Å². The summed E-state index contributed by atoms with van der Waals surface area (Å²) in [6, 6.07) is 0. The predicted molar refractivity (Wildman–Crippen MR) is 53.8 cm³/mol. The van der Waals surface area contributed by atoms with E-state index in [-0.39, 0.29) is 24.6 Å². The highest BCUT2D eigenvalue weighted by Gasteiger charge is 2.33. The van der Waals surface area contributed by atoms with E-state index in [1.165, 1.54) is 16.7 Å². The molecule has 1 aromatic heterocycles. The molecule has 0 saturated carbocycles. The van der Waals surface area contributed by atoms with Gasteiger partial charge in [0, 0.05) is 17.7 Å². The standard InChI is InChI=1S/C9H14F2N2S/c1-6(2)8-13-7(5-14-8)9(10,11)3-4-12/h5-6H,3-4,12H2,1-2H3. The van der Waals surface area contributed by atoms with E-state index in [0.717, 1.165) is 5.01 Å². The summed E-state index contributed by atoms with van der Waals surface area (Å²) in [4.78, 5) is 3.91. The third kappa shape index (κ3) is 2.48. The highest BCUT2D eigenvalue weighted by Crippen LogP contribution is 2.33. The zero-order valence-electron chi connectivity index (χ0n) is 8.26. The molecular formula is C9H14F2N2S. The first-order valence-corrected chi connectivity index (χ1v) is 5.39. The molecule has 80 valence electrons. The van der Waals surface area contributed by atoms with Crippen molar-refractivity contribution in [3.63, 3.8) is 0 Å². The first kappa shape index (κ1) is 11.5. The largest absolute Gasteiger partial charge is 0.330 e. The van der Waals surface area contributed by atoms with Crippen LogP contribution in [-0.4, -0.2) is 11.5 Å². The van der Waals surface area contributed by atoms with E-state index in [0.29, 0.717) is 0 Å². The van der Waals surface area contributed by atoms with Crippen LogP contribution in [0.4, 0.5) is 8.78 Å². The van der Waals surface area contributed by atoms with Crippen molar-refractivity contribution in [3.8, 4) is 0 Å². The minimum Gasteiger partial charge on any atom is -0.330 e. The number of hydrogen-bond acceptors (Lipinski definition) is 3. The first-order valence-electron chi connectivity index (χ1n) is 4.51. The van der Waals surface area contributed by atoms with E-state index < -0.39 is 5.92 Å². The number of aromatic nitrogens is 1. The van der Waals surface area contributed by atoms with Crippen LogP contribution >= 0.6 is 11.3 Å². The Morgan fingerprint density at radius 1 is 1.57 bits per heavy atom. The van der Waals surface area contributed by atoms with Crippen LogP contribution in [0.15, 0.2) is 5.38 Å². The third-order valence-electron chi connectivity index (χ3n) is 1.85. The molecule has 0 amide bonds. The Hall–Kier alpha value is -0.550. The van der Waals surface area contributed by atoms with Crippen LogP contribution in [0.5, 0.6) is 0 Å². The van der Waals surface area contributed by atoms with Crippen LogP contribution in [0, 0.1) is 0 Å². The molecular weight excluding hydrogens is 206 g/mol. The fourth-order valence-corrected chi connectivity index (χ4v) is 1.91. The molecule has 1 rings (SSSR count).